The van der Waals surface area contributed by atoms with Gasteiger partial charge in [0, 0.05) is 0 Å². The van der Waals surface area contributed by atoms with Gasteiger partial charge in [0.25, 0.3) is 0 Å². The van der Waals surface area contributed by atoms with Crippen molar-refractivity contribution in [2.24, 2.45) is 0 Å². The number of allylic oxidation sites excluding steroid dienone is 3. The van der Waals surface area contributed by atoms with Gasteiger partial charge in [-0.05, 0) is 18.9 Å². The second-order valence-corrected chi connectivity index (χ2v) is 8.72. The molecule has 0 unspecified atom stereocenters. The van der Waals surface area contributed by atoms with Crippen LogP contribution in [-0.2, 0) is 4.79 Å². The van der Waals surface area contributed by atoms with E-state index in [4.69, 9.17) is 5.11 Å². The largest absolute Gasteiger partial charge is 0.478 e. The predicted molar refractivity (Wildman–Crippen MR) is 133 cm³/mol. The van der Waals surface area contributed by atoms with E-state index < -0.39 is 5.97 Å². The van der Waals surface area contributed by atoms with Gasteiger partial charge in [0.2, 0.25) is 0 Å². The first kappa shape index (κ1) is 28.7. The third-order valence-corrected chi connectivity index (χ3v) is 5.82. The number of hydrogen-bond donors (Lipinski definition) is 1. The molecule has 0 amide bonds. The number of aliphatic carboxylic acids is 1. The molecule has 0 radical (unpaired) electrons. The second kappa shape index (κ2) is 24.0. The third kappa shape index (κ3) is 21.4. The van der Waals surface area contributed by atoms with E-state index in [1.807, 2.05) is 6.08 Å². The highest BCUT2D eigenvalue weighted by atomic mass is 16.4. The number of carbonyl (C=O) groups is 1. The molecule has 2 nitrogen and oxygen atoms in total. The molecule has 174 valence electrons. The molecule has 0 aromatic carbocycles. The predicted octanol–water partition coefficient (Wildman–Crippen LogP) is 9.56. The fraction of sp³-hybridized carbons (Fsp3) is 0.750. The van der Waals surface area contributed by atoms with E-state index in [2.05, 4.69) is 13.5 Å². The van der Waals surface area contributed by atoms with Crippen molar-refractivity contribution in [2.45, 2.75) is 135 Å². The van der Waals surface area contributed by atoms with E-state index in [0.717, 1.165) is 12.8 Å². The van der Waals surface area contributed by atoms with E-state index in [9.17, 15) is 4.79 Å². The number of hydrogen-bond acceptors (Lipinski definition) is 1. The number of unbranched alkanes of at least 4 members (excludes halogenated alkanes) is 19. The molecular formula is C28H50O2. The minimum atomic E-state index is -0.890. The van der Waals surface area contributed by atoms with Crippen molar-refractivity contribution in [3.63, 3.8) is 0 Å². The first-order valence-corrected chi connectivity index (χ1v) is 12.9. The van der Waals surface area contributed by atoms with Crippen molar-refractivity contribution in [1.29, 1.82) is 0 Å². The van der Waals surface area contributed by atoms with Gasteiger partial charge >= 0.3 is 5.97 Å². The average molecular weight is 419 g/mol. The van der Waals surface area contributed by atoms with E-state index in [-0.39, 0.29) is 0 Å². The Balaban J connectivity index is 3.24. The van der Waals surface area contributed by atoms with Gasteiger partial charge in [0.05, 0.1) is 5.57 Å². The van der Waals surface area contributed by atoms with Crippen LogP contribution in [0.15, 0.2) is 36.5 Å². The van der Waals surface area contributed by atoms with Crippen molar-refractivity contribution in [2.75, 3.05) is 0 Å². The van der Waals surface area contributed by atoms with Crippen molar-refractivity contribution in [3.05, 3.63) is 36.5 Å². The summed E-state index contributed by atoms with van der Waals surface area (Å²) in [7, 11) is 0. The fourth-order valence-corrected chi connectivity index (χ4v) is 3.88. The minimum Gasteiger partial charge on any atom is -0.478 e. The zero-order valence-electron chi connectivity index (χ0n) is 20.0. The highest BCUT2D eigenvalue weighted by Gasteiger charge is 2.00. The number of carboxylic acid groups (broad SMARTS) is 1. The van der Waals surface area contributed by atoms with Crippen LogP contribution in [0.3, 0.4) is 0 Å². The summed E-state index contributed by atoms with van der Waals surface area (Å²) in [6.45, 7) is 5.83. The molecule has 0 rings (SSSR count). The maximum absolute atomic E-state index is 11.0. The van der Waals surface area contributed by atoms with Crippen LogP contribution in [0.2, 0.25) is 0 Å². The minimum absolute atomic E-state index is 0.308. The molecule has 0 aliphatic carbocycles. The molecule has 0 bridgehead atoms. The Kier molecular flexibility index (Phi) is 22.9. The number of rotatable bonds is 23. The standard InChI is InChI=1S/C28H50O2/c1-3-5-6-7-8-9-10-11-12-13-14-15-16-17-18-19-20-21-22-23-24-26-27(25-4-2)28(29)30/h4,24-26H,2-3,5-23H2,1H3,(H,29,30). The summed E-state index contributed by atoms with van der Waals surface area (Å²) in [6, 6.07) is 0. The van der Waals surface area contributed by atoms with Crippen LogP contribution in [-0.4, -0.2) is 11.1 Å². The number of carboxylic acids is 1. The molecule has 0 spiro atoms. The molecule has 0 aromatic rings. The lowest BCUT2D eigenvalue weighted by Crippen LogP contribution is -1.96. The van der Waals surface area contributed by atoms with Gasteiger partial charge in [-0.15, -0.1) is 0 Å². The summed E-state index contributed by atoms with van der Waals surface area (Å²) in [4.78, 5) is 11.0. The molecular weight excluding hydrogens is 368 g/mol. The van der Waals surface area contributed by atoms with Gasteiger partial charge < -0.3 is 5.11 Å². The Labute approximate surface area is 187 Å². The van der Waals surface area contributed by atoms with Gasteiger partial charge in [-0.2, -0.15) is 0 Å². The SMILES string of the molecule is C=CC=C(C=CCCCCCCCCCCCCCCCCCCCCC)C(=O)O. The molecule has 0 saturated carbocycles. The zero-order chi connectivity index (χ0) is 22.1. The highest BCUT2D eigenvalue weighted by Crippen LogP contribution is 2.15. The third-order valence-electron chi connectivity index (χ3n) is 5.82. The van der Waals surface area contributed by atoms with E-state index in [1.165, 1.54) is 128 Å². The molecule has 0 fully saturated rings. The van der Waals surface area contributed by atoms with Crippen LogP contribution in [0.4, 0.5) is 0 Å². The first-order chi connectivity index (χ1) is 14.7. The summed E-state index contributed by atoms with van der Waals surface area (Å²) in [6.07, 6.45) is 34.1. The maximum Gasteiger partial charge on any atom is 0.335 e. The van der Waals surface area contributed by atoms with Gasteiger partial charge in [-0.1, -0.05) is 147 Å². The van der Waals surface area contributed by atoms with Crippen LogP contribution in [0.25, 0.3) is 0 Å². The summed E-state index contributed by atoms with van der Waals surface area (Å²) < 4.78 is 0. The Bertz CT molecular complexity index is 448. The average Bonchev–Trinajstić information content (AvgIpc) is 2.73. The Morgan fingerprint density at radius 1 is 0.667 bits per heavy atom. The fourth-order valence-electron chi connectivity index (χ4n) is 3.88. The van der Waals surface area contributed by atoms with Crippen molar-refractivity contribution >= 4 is 5.97 Å². The molecule has 2 heteroatoms. The Hall–Kier alpha value is -1.31. The van der Waals surface area contributed by atoms with Crippen LogP contribution in [0.5, 0.6) is 0 Å². The summed E-state index contributed by atoms with van der Waals surface area (Å²) >= 11 is 0. The van der Waals surface area contributed by atoms with Gasteiger partial charge in [0.1, 0.15) is 0 Å². The molecule has 0 atom stereocenters. The van der Waals surface area contributed by atoms with E-state index in [0.29, 0.717) is 5.57 Å². The van der Waals surface area contributed by atoms with Gasteiger partial charge in [-0.3, -0.25) is 0 Å². The monoisotopic (exact) mass is 418 g/mol. The smallest absolute Gasteiger partial charge is 0.335 e. The van der Waals surface area contributed by atoms with Crippen LogP contribution >= 0.6 is 0 Å². The molecule has 30 heavy (non-hydrogen) atoms. The molecule has 0 heterocycles. The van der Waals surface area contributed by atoms with Crippen molar-refractivity contribution < 1.29 is 9.90 Å². The molecule has 0 aliphatic rings. The first-order valence-electron chi connectivity index (χ1n) is 12.9. The lowest BCUT2D eigenvalue weighted by Gasteiger charge is -2.04. The van der Waals surface area contributed by atoms with E-state index >= 15 is 0 Å². The Morgan fingerprint density at radius 3 is 1.37 bits per heavy atom. The van der Waals surface area contributed by atoms with Crippen molar-refractivity contribution in [1.82, 2.24) is 0 Å². The topological polar surface area (TPSA) is 37.3 Å². The molecule has 1 N–H and O–H groups in total. The molecule has 0 aromatic heterocycles. The lowest BCUT2D eigenvalue weighted by atomic mass is 10.0. The quantitative estimate of drug-likeness (QED) is 0.102. The van der Waals surface area contributed by atoms with Crippen molar-refractivity contribution in [3.8, 4) is 0 Å². The van der Waals surface area contributed by atoms with E-state index in [1.54, 1.807) is 6.08 Å². The normalized spacial score (nSPS) is 12.0. The van der Waals surface area contributed by atoms with Gasteiger partial charge in [-0.25, -0.2) is 4.79 Å². The summed E-state index contributed by atoms with van der Waals surface area (Å²) in [5.41, 5.74) is 0.308. The van der Waals surface area contributed by atoms with Crippen LogP contribution < -0.4 is 0 Å². The summed E-state index contributed by atoms with van der Waals surface area (Å²) in [5.74, 6) is -0.890. The molecule has 0 aliphatic heterocycles. The maximum atomic E-state index is 11.0. The molecule has 0 saturated heterocycles. The highest BCUT2D eigenvalue weighted by molar-refractivity contribution is 5.90. The zero-order valence-corrected chi connectivity index (χ0v) is 20.0. The van der Waals surface area contributed by atoms with Crippen LogP contribution in [0, 0.1) is 0 Å². The summed E-state index contributed by atoms with van der Waals surface area (Å²) in [5, 5.41) is 9.00. The van der Waals surface area contributed by atoms with Gasteiger partial charge in [0.15, 0.2) is 0 Å². The van der Waals surface area contributed by atoms with Crippen LogP contribution in [0.1, 0.15) is 135 Å². The lowest BCUT2D eigenvalue weighted by molar-refractivity contribution is -0.132. The Morgan fingerprint density at radius 2 is 1.03 bits per heavy atom. The second-order valence-electron chi connectivity index (χ2n) is 8.72.